The number of aliphatic carboxylic acids is 1. The van der Waals surface area contributed by atoms with Crippen molar-refractivity contribution in [3.8, 4) is 0 Å². The van der Waals surface area contributed by atoms with Crippen molar-refractivity contribution in [1.82, 2.24) is 0 Å². The van der Waals surface area contributed by atoms with Crippen molar-refractivity contribution in [2.75, 3.05) is 0 Å². The Labute approximate surface area is 51.7 Å². The molecule has 0 spiro atoms. The molecule has 1 unspecified atom stereocenters. The number of nitrogens with two attached hydrogens (primary N) is 1. The van der Waals surface area contributed by atoms with Crippen molar-refractivity contribution in [2.24, 2.45) is 5.73 Å². The average Bonchev–Trinajstić information content (AvgIpc) is 1.63. The van der Waals surface area contributed by atoms with Gasteiger partial charge in [-0.05, 0) is 0 Å². The van der Waals surface area contributed by atoms with Gasteiger partial charge in [-0.2, -0.15) is 0 Å². The van der Waals surface area contributed by atoms with Crippen LogP contribution in [0.15, 0.2) is 0 Å². The third-order valence-corrected chi connectivity index (χ3v) is 0.793. The van der Waals surface area contributed by atoms with Crippen molar-refractivity contribution in [2.45, 2.75) is 18.8 Å². The predicted octanol–water partition coefficient (Wildman–Crippen LogP) is -1.90. The summed E-state index contributed by atoms with van der Waals surface area (Å²) in [4.78, 5) is 9.81. The highest BCUT2D eigenvalue weighted by atomic mass is 16.5. The number of aliphatic hydroxyl groups excluding tert-OH is 1. The van der Waals surface area contributed by atoms with E-state index in [9.17, 15) is 4.79 Å². The molecule has 54 valence electrons. The van der Waals surface area contributed by atoms with Crippen LogP contribution >= 0.6 is 0 Å². The maximum Gasteiger partial charge on any atom is 0.305 e. The smallest absolute Gasteiger partial charge is 0.305 e. The topological polar surface area (TPSA) is 104 Å². The molecular formula is C4H9NO4. The number of rotatable bonds is 3. The van der Waals surface area contributed by atoms with Gasteiger partial charge in [-0.3, -0.25) is 4.79 Å². The van der Waals surface area contributed by atoms with E-state index in [1.165, 1.54) is 0 Å². The Morgan fingerprint density at radius 1 is 1.56 bits per heavy atom. The second kappa shape index (κ2) is 3.39. The minimum Gasteiger partial charge on any atom is -0.481 e. The van der Waals surface area contributed by atoms with Crippen LogP contribution in [0, 0.1) is 0 Å². The maximum atomic E-state index is 9.81. The van der Waals surface area contributed by atoms with Crippen LogP contribution in [-0.2, 0) is 4.79 Å². The van der Waals surface area contributed by atoms with E-state index in [-0.39, 0.29) is 0 Å². The van der Waals surface area contributed by atoms with Gasteiger partial charge in [-0.15, -0.1) is 0 Å². The van der Waals surface area contributed by atoms with Gasteiger partial charge >= 0.3 is 5.97 Å². The minimum atomic E-state index is -1.75. The van der Waals surface area contributed by atoms with Gasteiger partial charge in [0.2, 0.25) is 0 Å². The van der Waals surface area contributed by atoms with Crippen LogP contribution in [0.25, 0.3) is 0 Å². The van der Waals surface area contributed by atoms with Crippen LogP contribution in [-0.4, -0.2) is 33.6 Å². The summed E-state index contributed by atoms with van der Waals surface area (Å²) in [7, 11) is 0. The Hall–Kier alpha value is -0.650. The minimum absolute atomic E-state index is 0.433. The summed E-state index contributed by atoms with van der Waals surface area (Å²) >= 11 is 0. The maximum absolute atomic E-state index is 9.81. The summed E-state index contributed by atoms with van der Waals surface area (Å²) in [5, 5.41) is 24.5. The van der Waals surface area contributed by atoms with E-state index < -0.39 is 24.7 Å². The Kier molecular flexibility index (Phi) is 3.15. The van der Waals surface area contributed by atoms with Crippen molar-refractivity contribution in [3.63, 3.8) is 0 Å². The molecular weight excluding hydrogens is 126 g/mol. The van der Waals surface area contributed by atoms with Gasteiger partial charge in [0, 0.05) is 0 Å². The van der Waals surface area contributed by atoms with Gasteiger partial charge in [-0.25, -0.2) is 0 Å². The first kappa shape index (κ1) is 8.35. The molecule has 0 aromatic carbocycles. The summed E-state index contributed by atoms with van der Waals surface area (Å²) in [6, 6.07) is -1.09. The monoisotopic (exact) mass is 135 g/mol. The Bertz CT molecular complexity index is 103. The van der Waals surface area contributed by atoms with E-state index in [1.54, 1.807) is 0 Å². The fourth-order valence-electron chi connectivity index (χ4n) is 0.307. The number of hydrogen-bond acceptors (Lipinski definition) is 4. The predicted molar refractivity (Wildman–Crippen MR) is 28.5 cm³/mol. The molecule has 5 N–H and O–H groups in total. The lowest BCUT2D eigenvalue weighted by Crippen LogP contribution is -2.36. The molecule has 0 aliphatic carbocycles. The van der Waals surface area contributed by atoms with Crippen LogP contribution in [0.4, 0.5) is 0 Å². The molecule has 5 nitrogen and oxygen atoms in total. The van der Waals surface area contributed by atoms with E-state index >= 15 is 0 Å². The molecule has 1 atom stereocenters. The number of aliphatic hydroxyl groups is 2. The second-order valence-electron chi connectivity index (χ2n) is 1.68. The van der Waals surface area contributed by atoms with Crippen LogP contribution < -0.4 is 5.73 Å². The number of carboxylic acid groups (broad SMARTS) is 1. The Morgan fingerprint density at radius 2 is 2.00 bits per heavy atom. The molecule has 5 heteroatoms. The number of hydrogen-bond donors (Lipinski definition) is 4. The first-order valence-electron chi connectivity index (χ1n) is 2.37. The third-order valence-electron chi connectivity index (χ3n) is 0.793. The lowest BCUT2D eigenvalue weighted by Gasteiger charge is -2.09. The normalized spacial score (nSPS) is 13.8. The Morgan fingerprint density at radius 3 is 2.11 bits per heavy atom. The van der Waals surface area contributed by atoms with E-state index in [2.05, 4.69) is 0 Å². The molecule has 0 heterocycles. The zero-order chi connectivity index (χ0) is 7.44. The van der Waals surface area contributed by atoms with Gasteiger partial charge in [0.25, 0.3) is 0 Å². The number of carboxylic acids is 1. The van der Waals surface area contributed by atoms with E-state index in [4.69, 9.17) is 21.1 Å². The molecule has 0 amide bonds. The van der Waals surface area contributed by atoms with Crippen molar-refractivity contribution in [3.05, 3.63) is 0 Å². The summed E-state index contributed by atoms with van der Waals surface area (Å²) in [5.41, 5.74) is 4.94. The largest absolute Gasteiger partial charge is 0.481 e. The average molecular weight is 135 g/mol. The lowest BCUT2D eigenvalue weighted by molar-refractivity contribution is -0.140. The molecule has 0 bridgehead atoms. The molecule has 0 aromatic rings. The van der Waals surface area contributed by atoms with Gasteiger partial charge in [0.15, 0.2) is 6.29 Å². The third kappa shape index (κ3) is 3.89. The quantitative estimate of drug-likeness (QED) is 0.338. The molecule has 0 saturated carbocycles. The van der Waals surface area contributed by atoms with Crippen LogP contribution in [0.3, 0.4) is 0 Å². The highest BCUT2D eigenvalue weighted by Crippen LogP contribution is 1.91. The molecule has 0 aliphatic rings. The lowest BCUT2D eigenvalue weighted by atomic mass is 10.2. The molecule has 0 aliphatic heterocycles. The fraction of sp³-hybridized carbons (Fsp3) is 0.750. The highest BCUT2D eigenvalue weighted by Gasteiger charge is 2.13. The van der Waals surface area contributed by atoms with E-state index in [1.807, 2.05) is 0 Å². The van der Waals surface area contributed by atoms with Crippen molar-refractivity contribution >= 4 is 5.97 Å². The van der Waals surface area contributed by atoms with Crippen molar-refractivity contribution in [1.29, 1.82) is 0 Å². The number of carbonyl (C=O) groups is 1. The molecule has 0 radical (unpaired) electrons. The van der Waals surface area contributed by atoms with Crippen LogP contribution in [0.5, 0.6) is 0 Å². The SMILES string of the molecule is NC(CC(=O)O)C(O)O. The molecule has 9 heavy (non-hydrogen) atoms. The first-order valence-corrected chi connectivity index (χ1v) is 2.37. The summed E-state index contributed by atoms with van der Waals surface area (Å²) in [6.07, 6.45) is -2.18. The van der Waals surface area contributed by atoms with E-state index in [0.29, 0.717) is 0 Å². The van der Waals surface area contributed by atoms with Crippen LogP contribution in [0.1, 0.15) is 6.42 Å². The van der Waals surface area contributed by atoms with Gasteiger partial charge in [0.05, 0.1) is 12.5 Å². The molecule has 0 rings (SSSR count). The highest BCUT2D eigenvalue weighted by molar-refractivity contribution is 5.67. The first-order chi connectivity index (χ1) is 4.04. The fourth-order valence-corrected chi connectivity index (χ4v) is 0.307. The molecule has 0 fully saturated rings. The van der Waals surface area contributed by atoms with Gasteiger partial charge in [-0.1, -0.05) is 0 Å². The standard InChI is InChI=1S/C4H9NO4/c5-2(4(8)9)1-3(6)7/h2,4,8-9H,1,5H2,(H,6,7). The van der Waals surface area contributed by atoms with E-state index in [0.717, 1.165) is 0 Å². The summed E-state index contributed by atoms with van der Waals surface area (Å²) in [5.74, 6) is -1.14. The zero-order valence-electron chi connectivity index (χ0n) is 4.69. The van der Waals surface area contributed by atoms with Crippen molar-refractivity contribution < 1.29 is 20.1 Å². The zero-order valence-corrected chi connectivity index (χ0v) is 4.69. The van der Waals surface area contributed by atoms with Gasteiger partial charge < -0.3 is 21.1 Å². The summed E-state index contributed by atoms with van der Waals surface area (Å²) in [6.45, 7) is 0. The molecule has 0 saturated heterocycles. The van der Waals surface area contributed by atoms with Gasteiger partial charge in [0.1, 0.15) is 0 Å². The Balaban J connectivity index is 3.50. The molecule has 0 aromatic heterocycles. The summed E-state index contributed by atoms with van der Waals surface area (Å²) < 4.78 is 0. The van der Waals surface area contributed by atoms with Crippen LogP contribution in [0.2, 0.25) is 0 Å². The second-order valence-corrected chi connectivity index (χ2v) is 1.68.